The second-order valence-corrected chi connectivity index (χ2v) is 8.08. The number of unbranched alkanes of at least 4 members (excludes halogenated alkanes) is 1. The van der Waals surface area contributed by atoms with Crippen LogP contribution in [0.2, 0.25) is 0 Å². The molecule has 2 heteroatoms. The van der Waals surface area contributed by atoms with Gasteiger partial charge in [-0.15, -0.1) is 0 Å². The van der Waals surface area contributed by atoms with Gasteiger partial charge in [0.15, 0.2) is 0 Å². The van der Waals surface area contributed by atoms with Crippen molar-refractivity contribution in [3.63, 3.8) is 0 Å². The molecule has 2 unspecified atom stereocenters. The first kappa shape index (κ1) is 19.4. The molecule has 0 spiro atoms. The first-order valence-corrected chi connectivity index (χ1v) is 10.8. The van der Waals surface area contributed by atoms with Crippen molar-refractivity contribution in [1.82, 2.24) is 5.32 Å². The molecular formula is C19H39NS. The number of nitrogens with one attached hydrogen (secondary N) is 1. The number of hydrogen-bond acceptors (Lipinski definition) is 2. The summed E-state index contributed by atoms with van der Waals surface area (Å²) < 4.78 is 0. The highest BCUT2D eigenvalue weighted by Crippen LogP contribution is 2.27. The second kappa shape index (κ2) is 13.9. The zero-order chi connectivity index (χ0) is 15.2. The molecule has 1 fully saturated rings. The van der Waals surface area contributed by atoms with Crippen LogP contribution >= 0.6 is 11.8 Å². The van der Waals surface area contributed by atoms with Crippen molar-refractivity contribution >= 4 is 11.8 Å². The Morgan fingerprint density at radius 3 is 2.05 bits per heavy atom. The maximum absolute atomic E-state index is 3.88. The Morgan fingerprint density at radius 2 is 1.43 bits per heavy atom. The summed E-state index contributed by atoms with van der Waals surface area (Å²) in [4.78, 5) is 0. The highest BCUT2D eigenvalue weighted by molar-refractivity contribution is 7.99. The summed E-state index contributed by atoms with van der Waals surface area (Å²) in [5.41, 5.74) is 0. The third-order valence-corrected chi connectivity index (χ3v) is 6.21. The Morgan fingerprint density at radius 1 is 0.810 bits per heavy atom. The van der Waals surface area contributed by atoms with Gasteiger partial charge in [0.25, 0.3) is 0 Å². The Kier molecular flexibility index (Phi) is 12.8. The Hall–Kier alpha value is 0.310. The molecule has 0 aromatic heterocycles. The van der Waals surface area contributed by atoms with Gasteiger partial charge in [-0.3, -0.25) is 0 Å². The molecule has 0 bridgehead atoms. The Labute approximate surface area is 138 Å². The van der Waals surface area contributed by atoms with E-state index in [4.69, 9.17) is 0 Å². The van der Waals surface area contributed by atoms with Crippen LogP contribution in [0.1, 0.15) is 97.3 Å². The van der Waals surface area contributed by atoms with Gasteiger partial charge in [0, 0.05) is 11.3 Å². The van der Waals surface area contributed by atoms with E-state index in [0.29, 0.717) is 0 Å². The normalized spacial score (nSPS) is 26.0. The topological polar surface area (TPSA) is 12.0 Å². The smallest absolute Gasteiger partial charge is 0.0201 e. The van der Waals surface area contributed by atoms with E-state index >= 15 is 0 Å². The molecule has 1 N–H and O–H groups in total. The van der Waals surface area contributed by atoms with Crippen LogP contribution in [0.4, 0.5) is 0 Å². The van der Waals surface area contributed by atoms with Crippen LogP contribution in [0.5, 0.6) is 0 Å². The van der Waals surface area contributed by atoms with Gasteiger partial charge in [-0.25, -0.2) is 0 Å². The molecule has 21 heavy (non-hydrogen) atoms. The molecule has 2 atom stereocenters. The largest absolute Gasteiger partial charge is 0.313 e. The van der Waals surface area contributed by atoms with Crippen molar-refractivity contribution in [3.05, 3.63) is 0 Å². The van der Waals surface area contributed by atoms with Gasteiger partial charge in [0.1, 0.15) is 0 Å². The first-order chi connectivity index (χ1) is 10.4. The predicted molar refractivity (Wildman–Crippen MR) is 99.4 cm³/mol. The maximum Gasteiger partial charge on any atom is 0.0201 e. The molecule has 1 aliphatic carbocycles. The van der Waals surface area contributed by atoms with Crippen molar-refractivity contribution in [3.8, 4) is 0 Å². The van der Waals surface area contributed by atoms with Crippen LogP contribution in [-0.4, -0.2) is 23.6 Å². The lowest BCUT2D eigenvalue weighted by Gasteiger charge is -2.28. The molecule has 0 aromatic carbocycles. The zero-order valence-electron chi connectivity index (χ0n) is 14.7. The summed E-state index contributed by atoms with van der Waals surface area (Å²) in [5, 5.41) is 4.74. The minimum absolute atomic E-state index is 0.770. The van der Waals surface area contributed by atoms with E-state index in [1.54, 1.807) is 0 Å². The second-order valence-electron chi connectivity index (χ2n) is 6.73. The standard InChI is InChI=1S/C19H39NS/c1-3-5-17-21-19-15-13-11-9-7-6-8-10-12-14-18(19)20-16-4-2/h18-20H,3-17H2,1-2H3. The summed E-state index contributed by atoms with van der Waals surface area (Å²) in [5.74, 6) is 1.37. The fraction of sp³-hybridized carbons (Fsp3) is 1.00. The van der Waals surface area contributed by atoms with E-state index in [2.05, 4.69) is 30.9 Å². The van der Waals surface area contributed by atoms with Crippen LogP contribution in [0, 0.1) is 0 Å². The molecule has 1 aliphatic rings. The monoisotopic (exact) mass is 313 g/mol. The molecule has 0 heterocycles. The molecule has 126 valence electrons. The highest BCUT2D eigenvalue weighted by atomic mass is 32.2. The zero-order valence-corrected chi connectivity index (χ0v) is 15.5. The summed E-state index contributed by atoms with van der Waals surface area (Å²) in [6.45, 7) is 5.81. The van der Waals surface area contributed by atoms with E-state index < -0.39 is 0 Å². The average molecular weight is 314 g/mol. The van der Waals surface area contributed by atoms with E-state index in [9.17, 15) is 0 Å². The highest BCUT2D eigenvalue weighted by Gasteiger charge is 2.20. The van der Waals surface area contributed by atoms with Crippen molar-refractivity contribution in [2.45, 2.75) is 109 Å². The van der Waals surface area contributed by atoms with Gasteiger partial charge in [0.05, 0.1) is 0 Å². The summed E-state index contributed by atoms with van der Waals surface area (Å²) >= 11 is 2.27. The van der Waals surface area contributed by atoms with Crippen molar-refractivity contribution in [2.24, 2.45) is 0 Å². The SMILES string of the molecule is CCCCSC1CCCCCCCCCCC1NCCC. The van der Waals surface area contributed by atoms with Crippen LogP contribution < -0.4 is 5.32 Å². The van der Waals surface area contributed by atoms with Crippen LogP contribution in [-0.2, 0) is 0 Å². The summed E-state index contributed by atoms with van der Waals surface area (Å²) in [7, 11) is 0. The van der Waals surface area contributed by atoms with E-state index in [0.717, 1.165) is 11.3 Å². The number of hydrogen-bond donors (Lipinski definition) is 1. The van der Waals surface area contributed by atoms with Gasteiger partial charge in [-0.05, 0) is 38.0 Å². The van der Waals surface area contributed by atoms with Crippen LogP contribution in [0.3, 0.4) is 0 Å². The van der Waals surface area contributed by atoms with E-state index in [1.165, 1.54) is 95.8 Å². The number of rotatable bonds is 7. The minimum atomic E-state index is 0.770. The van der Waals surface area contributed by atoms with Gasteiger partial charge in [-0.2, -0.15) is 11.8 Å². The molecule has 0 aromatic rings. The van der Waals surface area contributed by atoms with Gasteiger partial charge < -0.3 is 5.32 Å². The predicted octanol–water partition coefficient (Wildman–Crippen LogP) is 6.17. The molecular weight excluding hydrogens is 274 g/mol. The summed E-state index contributed by atoms with van der Waals surface area (Å²) in [6.07, 6.45) is 18.5. The first-order valence-electron chi connectivity index (χ1n) is 9.73. The van der Waals surface area contributed by atoms with E-state index in [1.807, 2.05) is 0 Å². The lowest BCUT2D eigenvalue weighted by Crippen LogP contribution is -2.39. The average Bonchev–Trinajstić information content (AvgIpc) is 2.49. The van der Waals surface area contributed by atoms with E-state index in [-0.39, 0.29) is 0 Å². The Balaban J connectivity index is 2.49. The third kappa shape index (κ3) is 9.84. The minimum Gasteiger partial charge on any atom is -0.313 e. The molecule has 0 radical (unpaired) electrons. The quantitative estimate of drug-likeness (QED) is 0.564. The lowest BCUT2D eigenvalue weighted by atomic mass is 9.97. The van der Waals surface area contributed by atoms with Gasteiger partial charge >= 0.3 is 0 Å². The molecule has 1 saturated carbocycles. The molecule has 0 amide bonds. The lowest BCUT2D eigenvalue weighted by molar-refractivity contribution is 0.413. The molecule has 1 rings (SSSR count). The van der Waals surface area contributed by atoms with Crippen molar-refractivity contribution in [2.75, 3.05) is 12.3 Å². The van der Waals surface area contributed by atoms with Gasteiger partial charge in [0.2, 0.25) is 0 Å². The third-order valence-electron chi connectivity index (χ3n) is 4.69. The molecule has 0 aliphatic heterocycles. The number of thioether (sulfide) groups is 1. The van der Waals surface area contributed by atoms with Crippen molar-refractivity contribution in [1.29, 1.82) is 0 Å². The summed E-state index contributed by atoms with van der Waals surface area (Å²) in [6, 6.07) is 0.770. The fourth-order valence-electron chi connectivity index (χ4n) is 3.30. The Bertz CT molecular complexity index is 220. The fourth-order valence-corrected chi connectivity index (χ4v) is 4.86. The van der Waals surface area contributed by atoms with Crippen molar-refractivity contribution < 1.29 is 0 Å². The molecule has 0 saturated heterocycles. The van der Waals surface area contributed by atoms with Crippen LogP contribution in [0.25, 0.3) is 0 Å². The van der Waals surface area contributed by atoms with Gasteiger partial charge in [-0.1, -0.05) is 71.6 Å². The van der Waals surface area contributed by atoms with Crippen LogP contribution in [0.15, 0.2) is 0 Å². The molecule has 1 nitrogen and oxygen atoms in total. The maximum atomic E-state index is 3.88.